The van der Waals surface area contributed by atoms with Gasteiger partial charge in [-0.15, -0.1) is 0 Å². The molecule has 2 aromatic carbocycles. The molecule has 0 N–H and O–H groups in total. The summed E-state index contributed by atoms with van der Waals surface area (Å²) in [6.45, 7) is 2.14. The number of benzene rings is 2. The molecule has 8 heteroatoms. The molecule has 0 radical (unpaired) electrons. The number of halogens is 1. The smallest absolute Gasteiger partial charge is 0.312 e. The maximum atomic E-state index is 12.7. The molecule has 1 saturated heterocycles. The molecule has 132 valence electrons. The molecule has 0 unspecified atom stereocenters. The molecule has 1 aliphatic heterocycles. The fourth-order valence-corrected chi connectivity index (χ4v) is 2.98. The third-order valence-corrected chi connectivity index (χ3v) is 4.56. The molecule has 1 heterocycles. The fourth-order valence-electron chi connectivity index (χ4n) is 2.86. The van der Waals surface area contributed by atoms with E-state index in [1.807, 2.05) is 12.1 Å². The number of imide groups is 1. The Labute approximate surface area is 155 Å². The molecule has 26 heavy (non-hydrogen) atoms. The van der Waals surface area contributed by atoms with Crippen LogP contribution < -0.4 is 4.90 Å². The van der Waals surface area contributed by atoms with Gasteiger partial charge in [0.1, 0.15) is 6.04 Å². The zero-order valence-corrected chi connectivity index (χ0v) is 14.8. The van der Waals surface area contributed by atoms with Crippen molar-refractivity contribution in [3.8, 4) is 0 Å². The first kappa shape index (κ1) is 17.8. The van der Waals surface area contributed by atoms with Crippen LogP contribution in [0.5, 0.6) is 0 Å². The highest BCUT2D eigenvalue weighted by Gasteiger charge is 2.42. The molecular weight excluding hydrogens is 354 g/mol. The van der Waals surface area contributed by atoms with E-state index in [-0.39, 0.29) is 11.9 Å². The van der Waals surface area contributed by atoms with Gasteiger partial charge >= 0.3 is 6.03 Å². The molecule has 3 amide bonds. The van der Waals surface area contributed by atoms with Crippen molar-refractivity contribution in [1.29, 1.82) is 0 Å². The van der Waals surface area contributed by atoms with Crippen molar-refractivity contribution in [2.24, 2.45) is 5.11 Å². The number of anilines is 1. The lowest BCUT2D eigenvalue weighted by molar-refractivity contribution is -0.119. The molecule has 2 aromatic rings. The van der Waals surface area contributed by atoms with Gasteiger partial charge in [0.05, 0.1) is 5.69 Å². The SMILES string of the molecule is C[C@H]1C(=O)N(c2ccc(Cl)cc2)C(=O)N1CCc1ccc(N=[N+]=[N-])cc1. The first-order valence-electron chi connectivity index (χ1n) is 8.05. The first-order valence-corrected chi connectivity index (χ1v) is 8.43. The van der Waals surface area contributed by atoms with Crippen molar-refractivity contribution in [3.63, 3.8) is 0 Å². The average Bonchev–Trinajstić information content (AvgIpc) is 2.85. The Hall–Kier alpha value is -3.02. The van der Waals surface area contributed by atoms with Gasteiger partial charge in [-0.25, -0.2) is 9.69 Å². The third-order valence-electron chi connectivity index (χ3n) is 4.31. The minimum Gasteiger partial charge on any atom is -0.312 e. The average molecular weight is 370 g/mol. The molecule has 1 fully saturated rings. The molecule has 7 nitrogen and oxygen atoms in total. The van der Waals surface area contributed by atoms with E-state index < -0.39 is 6.04 Å². The van der Waals surface area contributed by atoms with E-state index in [2.05, 4.69) is 10.0 Å². The van der Waals surface area contributed by atoms with Gasteiger partial charge in [-0.3, -0.25) is 4.79 Å². The number of carbonyl (C=O) groups excluding carboxylic acids is 2. The number of rotatable bonds is 5. The minimum absolute atomic E-state index is 0.254. The van der Waals surface area contributed by atoms with Gasteiger partial charge in [-0.2, -0.15) is 0 Å². The standard InChI is InChI=1S/C18H16ClN5O2/c1-12-17(25)24(16-8-4-14(19)5-9-16)18(26)23(12)11-10-13-2-6-15(7-3-13)21-22-20/h2-9,12H,10-11H2,1H3/t12-/m0/s1. The second-order valence-corrected chi connectivity index (χ2v) is 6.34. The van der Waals surface area contributed by atoms with Gasteiger partial charge in [0.2, 0.25) is 0 Å². The van der Waals surface area contributed by atoms with Crippen molar-refractivity contribution in [2.75, 3.05) is 11.4 Å². The van der Waals surface area contributed by atoms with Crippen molar-refractivity contribution >= 4 is 34.9 Å². The molecule has 0 aromatic heterocycles. The van der Waals surface area contributed by atoms with Gasteiger partial charge in [-0.1, -0.05) is 41.0 Å². The second kappa shape index (κ2) is 7.47. The Balaban J connectivity index is 1.72. The van der Waals surface area contributed by atoms with Gasteiger partial charge < -0.3 is 4.90 Å². The number of nitrogens with zero attached hydrogens (tertiary/aromatic N) is 5. The number of hydrogen-bond acceptors (Lipinski definition) is 3. The van der Waals surface area contributed by atoms with Crippen LogP contribution in [0, 0.1) is 0 Å². The van der Waals surface area contributed by atoms with Crippen LogP contribution in [0.25, 0.3) is 10.4 Å². The molecule has 1 atom stereocenters. The number of carbonyl (C=O) groups is 2. The van der Waals surface area contributed by atoms with E-state index >= 15 is 0 Å². The predicted octanol–water partition coefficient (Wildman–Crippen LogP) is 4.68. The fraction of sp³-hybridized carbons (Fsp3) is 0.222. The van der Waals surface area contributed by atoms with Crippen molar-refractivity contribution < 1.29 is 9.59 Å². The van der Waals surface area contributed by atoms with Crippen LogP contribution >= 0.6 is 11.6 Å². The molecule has 0 aliphatic carbocycles. The maximum Gasteiger partial charge on any atom is 0.332 e. The van der Waals surface area contributed by atoms with E-state index in [1.54, 1.807) is 48.2 Å². The van der Waals surface area contributed by atoms with Crippen LogP contribution in [0.3, 0.4) is 0 Å². The molecule has 1 aliphatic rings. The lowest BCUT2D eigenvalue weighted by atomic mass is 10.1. The first-order chi connectivity index (χ1) is 12.5. The second-order valence-electron chi connectivity index (χ2n) is 5.91. The topological polar surface area (TPSA) is 89.4 Å². The third kappa shape index (κ3) is 3.49. The van der Waals surface area contributed by atoms with Crippen LogP contribution in [-0.4, -0.2) is 29.4 Å². The maximum absolute atomic E-state index is 12.7. The monoisotopic (exact) mass is 369 g/mol. The summed E-state index contributed by atoms with van der Waals surface area (Å²) in [4.78, 5) is 30.7. The van der Waals surface area contributed by atoms with Crippen LogP contribution in [-0.2, 0) is 11.2 Å². The summed E-state index contributed by atoms with van der Waals surface area (Å²) in [5.41, 5.74) is 10.5. The van der Waals surface area contributed by atoms with E-state index in [9.17, 15) is 9.59 Å². The van der Waals surface area contributed by atoms with Crippen LogP contribution in [0.2, 0.25) is 5.02 Å². The molecule has 0 saturated carbocycles. The zero-order chi connectivity index (χ0) is 18.7. The zero-order valence-electron chi connectivity index (χ0n) is 14.0. The Kier molecular flexibility index (Phi) is 5.11. The van der Waals surface area contributed by atoms with Gasteiger partial charge in [0.25, 0.3) is 5.91 Å². The van der Waals surface area contributed by atoms with E-state index in [4.69, 9.17) is 17.1 Å². The Morgan fingerprint density at radius 3 is 2.38 bits per heavy atom. The van der Waals surface area contributed by atoms with Crippen molar-refractivity contribution in [2.45, 2.75) is 19.4 Å². The summed E-state index contributed by atoms with van der Waals surface area (Å²) in [5, 5.41) is 4.07. The van der Waals surface area contributed by atoms with Crippen molar-refractivity contribution in [3.05, 3.63) is 69.6 Å². The van der Waals surface area contributed by atoms with Gasteiger partial charge in [0.15, 0.2) is 0 Å². The van der Waals surface area contributed by atoms with Gasteiger partial charge in [-0.05, 0) is 48.7 Å². The highest BCUT2D eigenvalue weighted by molar-refractivity contribution is 6.30. The Bertz CT molecular complexity index is 875. The highest BCUT2D eigenvalue weighted by Crippen LogP contribution is 2.26. The molecular formula is C18H16ClN5O2. The summed E-state index contributed by atoms with van der Waals surface area (Å²) < 4.78 is 0. The lowest BCUT2D eigenvalue weighted by Gasteiger charge is -2.19. The van der Waals surface area contributed by atoms with Crippen LogP contribution in [0.1, 0.15) is 12.5 Å². The predicted molar refractivity (Wildman–Crippen MR) is 99.5 cm³/mol. The summed E-state index contributed by atoms with van der Waals surface area (Å²) in [6.07, 6.45) is 0.592. The molecule has 3 rings (SSSR count). The van der Waals surface area contributed by atoms with Crippen LogP contribution in [0.4, 0.5) is 16.2 Å². The number of azide groups is 1. The summed E-state index contributed by atoms with van der Waals surface area (Å²) in [7, 11) is 0. The van der Waals surface area contributed by atoms with Crippen molar-refractivity contribution in [1.82, 2.24) is 4.90 Å². The summed E-state index contributed by atoms with van der Waals surface area (Å²) in [6, 6.07) is 12.9. The quantitative estimate of drug-likeness (QED) is 0.331. The summed E-state index contributed by atoms with van der Waals surface area (Å²) >= 11 is 5.87. The number of amides is 3. The van der Waals surface area contributed by atoms with E-state index in [1.165, 1.54) is 4.90 Å². The number of hydrogen-bond donors (Lipinski definition) is 0. The van der Waals surface area contributed by atoms with Gasteiger partial charge in [0, 0.05) is 22.2 Å². The van der Waals surface area contributed by atoms with Crippen LogP contribution in [0.15, 0.2) is 53.6 Å². The summed E-state index contributed by atoms with van der Waals surface area (Å²) in [5.74, 6) is -0.254. The van der Waals surface area contributed by atoms with E-state index in [0.717, 1.165) is 5.56 Å². The Morgan fingerprint density at radius 1 is 1.12 bits per heavy atom. The van der Waals surface area contributed by atoms with E-state index in [0.29, 0.717) is 29.4 Å². The normalized spacial score (nSPS) is 16.8. The molecule has 0 spiro atoms. The molecule has 0 bridgehead atoms. The highest BCUT2D eigenvalue weighted by atomic mass is 35.5. The largest absolute Gasteiger partial charge is 0.332 e. The minimum atomic E-state index is -0.527. The Morgan fingerprint density at radius 2 is 1.77 bits per heavy atom. The number of urea groups is 1. The lowest BCUT2D eigenvalue weighted by Crippen LogP contribution is -2.35.